The second-order valence-electron chi connectivity index (χ2n) is 8.28. The Labute approximate surface area is 181 Å². The van der Waals surface area contributed by atoms with Gasteiger partial charge in [0.15, 0.2) is 11.5 Å². The molecule has 2 aromatic rings. The number of carbonyl (C=O) groups excluding carboxylic acids is 1. The van der Waals surface area contributed by atoms with Crippen molar-refractivity contribution in [3.8, 4) is 11.5 Å². The number of carbonyl (C=O) groups is 1. The molecule has 2 aliphatic heterocycles. The van der Waals surface area contributed by atoms with E-state index < -0.39 is 5.97 Å². The molecule has 5 rings (SSSR count). The Kier molecular flexibility index (Phi) is 4.75. The number of benzene rings is 2. The van der Waals surface area contributed by atoms with Crippen molar-refractivity contribution >= 4 is 17.6 Å². The molecule has 0 unspecified atom stereocenters. The number of esters is 1. The Balaban J connectivity index is 1.47. The summed E-state index contributed by atoms with van der Waals surface area (Å²) >= 11 is 6.16. The van der Waals surface area contributed by atoms with Crippen LogP contribution in [0.2, 0.25) is 5.02 Å². The van der Waals surface area contributed by atoms with E-state index in [2.05, 4.69) is 24.1 Å². The maximum absolute atomic E-state index is 12.6. The lowest BCUT2D eigenvalue weighted by molar-refractivity contribution is 0.0218. The van der Waals surface area contributed by atoms with E-state index in [1.165, 1.54) is 11.1 Å². The van der Waals surface area contributed by atoms with Gasteiger partial charge in [0.25, 0.3) is 0 Å². The molecule has 0 radical (unpaired) electrons. The third-order valence-electron chi connectivity index (χ3n) is 6.48. The maximum atomic E-state index is 12.6. The van der Waals surface area contributed by atoms with Crippen LogP contribution in [-0.2, 0) is 16.7 Å². The third kappa shape index (κ3) is 2.99. The standard InChI is InChI=1S/C24H24ClNO4/c1-26-12-11-24-10-9-16(29-23(27)17-5-3-4-6-18(17)25)13-20(24)30-22-19(28-2)8-7-15(14-26)21(22)24/h3-10,16,20H,11-14H2,1-2H3/t16-,20-,24-/m0/s1. The Morgan fingerprint density at radius 1 is 1.27 bits per heavy atom. The van der Waals surface area contributed by atoms with Crippen LogP contribution in [-0.4, -0.2) is 43.8 Å². The normalized spacial score (nSPS) is 26.9. The molecular formula is C24H24ClNO4. The number of rotatable bonds is 3. The summed E-state index contributed by atoms with van der Waals surface area (Å²) in [4.78, 5) is 15.0. The van der Waals surface area contributed by atoms with Gasteiger partial charge in [0.1, 0.15) is 12.2 Å². The molecule has 6 heteroatoms. The van der Waals surface area contributed by atoms with Gasteiger partial charge in [-0.05, 0) is 49.9 Å². The number of nitrogens with zero attached hydrogens (tertiary/aromatic N) is 1. The van der Waals surface area contributed by atoms with Crippen molar-refractivity contribution in [1.82, 2.24) is 4.90 Å². The van der Waals surface area contributed by atoms with Gasteiger partial charge in [-0.3, -0.25) is 0 Å². The average molecular weight is 426 g/mol. The van der Waals surface area contributed by atoms with Crippen LogP contribution >= 0.6 is 11.6 Å². The molecule has 0 aromatic heterocycles. The number of ether oxygens (including phenoxy) is 3. The van der Waals surface area contributed by atoms with Crippen LogP contribution in [0.25, 0.3) is 0 Å². The first-order valence-corrected chi connectivity index (χ1v) is 10.6. The van der Waals surface area contributed by atoms with E-state index in [9.17, 15) is 4.79 Å². The molecule has 0 saturated carbocycles. The summed E-state index contributed by atoms with van der Waals surface area (Å²) in [6.45, 7) is 1.84. The zero-order valence-electron chi connectivity index (χ0n) is 17.1. The summed E-state index contributed by atoms with van der Waals surface area (Å²) in [7, 11) is 3.81. The van der Waals surface area contributed by atoms with Gasteiger partial charge < -0.3 is 19.1 Å². The fourth-order valence-corrected chi connectivity index (χ4v) is 5.19. The zero-order chi connectivity index (χ0) is 20.9. The fourth-order valence-electron chi connectivity index (χ4n) is 4.98. The van der Waals surface area contributed by atoms with Gasteiger partial charge in [0, 0.05) is 18.5 Å². The van der Waals surface area contributed by atoms with Crippen LogP contribution in [0, 0.1) is 0 Å². The molecule has 0 fully saturated rings. The summed E-state index contributed by atoms with van der Waals surface area (Å²) in [5.41, 5.74) is 2.65. The predicted molar refractivity (Wildman–Crippen MR) is 114 cm³/mol. The number of methoxy groups -OCH3 is 1. The molecule has 2 heterocycles. The van der Waals surface area contributed by atoms with Gasteiger partial charge in [0.05, 0.1) is 23.1 Å². The van der Waals surface area contributed by atoms with E-state index in [0.29, 0.717) is 17.0 Å². The Bertz CT molecular complexity index is 1040. The highest BCUT2D eigenvalue weighted by atomic mass is 35.5. The van der Waals surface area contributed by atoms with E-state index in [-0.39, 0.29) is 17.6 Å². The van der Waals surface area contributed by atoms with Crippen molar-refractivity contribution < 1.29 is 19.0 Å². The second-order valence-corrected chi connectivity index (χ2v) is 8.69. The van der Waals surface area contributed by atoms with Crippen LogP contribution in [0.5, 0.6) is 11.5 Å². The molecule has 5 nitrogen and oxygen atoms in total. The van der Waals surface area contributed by atoms with E-state index in [1.807, 2.05) is 12.1 Å². The van der Waals surface area contributed by atoms with Crippen LogP contribution in [0.15, 0.2) is 48.6 Å². The first-order valence-electron chi connectivity index (χ1n) is 10.2. The topological polar surface area (TPSA) is 48.0 Å². The smallest absolute Gasteiger partial charge is 0.340 e. The molecule has 3 aliphatic rings. The SMILES string of the molecule is COc1ccc2c3c1O[C@H]1C[C@@H](OC(=O)c4ccccc4Cl)C=C[C@@]31CCN(C)C2. The van der Waals surface area contributed by atoms with Crippen molar-refractivity contribution in [2.24, 2.45) is 0 Å². The van der Waals surface area contributed by atoms with Crippen molar-refractivity contribution in [2.45, 2.75) is 37.0 Å². The van der Waals surface area contributed by atoms with Gasteiger partial charge in [-0.1, -0.05) is 35.9 Å². The van der Waals surface area contributed by atoms with Gasteiger partial charge in [-0.2, -0.15) is 0 Å². The molecule has 0 N–H and O–H groups in total. The highest BCUT2D eigenvalue weighted by Gasteiger charge is 2.53. The van der Waals surface area contributed by atoms with E-state index in [4.69, 9.17) is 25.8 Å². The Morgan fingerprint density at radius 3 is 2.90 bits per heavy atom. The van der Waals surface area contributed by atoms with Crippen molar-refractivity contribution in [1.29, 1.82) is 0 Å². The fraction of sp³-hybridized carbons (Fsp3) is 0.375. The Hall–Kier alpha value is -2.50. The molecule has 1 aliphatic carbocycles. The second kappa shape index (κ2) is 7.33. The van der Waals surface area contributed by atoms with Crippen LogP contribution in [0.4, 0.5) is 0 Å². The molecule has 0 amide bonds. The molecule has 30 heavy (non-hydrogen) atoms. The highest BCUT2D eigenvalue weighted by molar-refractivity contribution is 6.33. The molecule has 3 atom stereocenters. The Morgan fingerprint density at radius 2 is 2.10 bits per heavy atom. The summed E-state index contributed by atoms with van der Waals surface area (Å²) in [6.07, 6.45) is 5.27. The van der Waals surface area contributed by atoms with Crippen molar-refractivity contribution in [3.05, 3.63) is 70.3 Å². The summed E-state index contributed by atoms with van der Waals surface area (Å²) < 4.78 is 17.8. The maximum Gasteiger partial charge on any atom is 0.340 e. The minimum Gasteiger partial charge on any atom is -0.493 e. The van der Waals surface area contributed by atoms with Gasteiger partial charge >= 0.3 is 5.97 Å². The van der Waals surface area contributed by atoms with E-state index >= 15 is 0 Å². The van der Waals surface area contributed by atoms with E-state index in [1.54, 1.807) is 31.4 Å². The lowest BCUT2D eigenvalue weighted by Crippen LogP contribution is -2.43. The molecule has 0 saturated heterocycles. The van der Waals surface area contributed by atoms with Crippen molar-refractivity contribution in [2.75, 3.05) is 20.7 Å². The zero-order valence-corrected chi connectivity index (χ0v) is 17.8. The number of hydrogen-bond donors (Lipinski definition) is 0. The molecular weight excluding hydrogens is 402 g/mol. The lowest BCUT2D eigenvalue weighted by Gasteiger charge is -2.36. The molecule has 1 spiro atoms. The monoisotopic (exact) mass is 425 g/mol. The van der Waals surface area contributed by atoms with Gasteiger partial charge in [-0.15, -0.1) is 0 Å². The molecule has 0 bridgehead atoms. The largest absolute Gasteiger partial charge is 0.493 e. The van der Waals surface area contributed by atoms with Crippen LogP contribution in [0.1, 0.15) is 34.3 Å². The minimum absolute atomic E-state index is 0.108. The minimum atomic E-state index is -0.416. The summed E-state index contributed by atoms with van der Waals surface area (Å²) in [5.74, 6) is 1.17. The van der Waals surface area contributed by atoms with E-state index in [0.717, 1.165) is 31.0 Å². The van der Waals surface area contributed by atoms with Gasteiger partial charge in [-0.25, -0.2) is 4.79 Å². The molecule has 156 valence electrons. The number of hydrogen-bond acceptors (Lipinski definition) is 5. The third-order valence-corrected chi connectivity index (χ3v) is 6.81. The quantitative estimate of drug-likeness (QED) is 0.540. The lowest BCUT2D eigenvalue weighted by atomic mass is 9.69. The molecule has 2 aromatic carbocycles. The average Bonchev–Trinajstić information content (AvgIpc) is 3.00. The van der Waals surface area contributed by atoms with Crippen LogP contribution < -0.4 is 9.47 Å². The number of halogens is 1. The first-order chi connectivity index (χ1) is 14.5. The first kappa shape index (κ1) is 19.5. The van der Waals surface area contributed by atoms with Crippen LogP contribution in [0.3, 0.4) is 0 Å². The summed E-state index contributed by atoms with van der Waals surface area (Å²) in [5, 5.41) is 0.393. The van der Waals surface area contributed by atoms with Gasteiger partial charge in [0.2, 0.25) is 0 Å². The van der Waals surface area contributed by atoms with Crippen molar-refractivity contribution in [3.63, 3.8) is 0 Å². The summed E-state index contributed by atoms with van der Waals surface area (Å²) in [6, 6.07) is 11.1. The highest BCUT2D eigenvalue weighted by Crippen LogP contribution is 2.55. The predicted octanol–water partition coefficient (Wildman–Crippen LogP) is 4.37.